The summed E-state index contributed by atoms with van der Waals surface area (Å²) in [6.07, 6.45) is 2.83. The Kier molecular flexibility index (Phi) is 2.46. The Morgan fingerprint density at radius 2 is 1.86 bits per heavy atom. The first-order chi connectivity index (χ1) is 3.39. The molecule has 1 nitrogen and oxygen atoms in total. The van der Waals surface area contributed by atoms with E-state index in [2.05, 4.69) is 5.32 Å². The van der Waals surface area contributed by atoms with E-state index in [1.54, 1.807) is 22.5 Å². The Hall–Kier alpha value is 0.759. The van der Waals surface area contributed by atoms with E-state index in [0.29, 0.717) is 0 Å². The fourth-order valence-electron chi connectivity index (χ4n) is 0.822. The number of rotatable bonds is 0. The Labute approximate surface area is 58.0 Å². The van der Waals surface area contributed by atoms with Gasteiger partial charge in [-0.2, -0.15) is 0 Å². The Morgan fingerprint density at radius 1 is 1.29 bits per heavy atom. The van der Waals surface area contributed by atoms with Crippen molar-refractivity contribution < 1.29 is 0 Å². The molecule has 0 bridgehead atoms. The van der Waals surface area contributed by atoms with Crippen LogP contribution in [0.3, 0.4) is 0 Å². The van der Waals surface area contributed by atoms with Gasteiger partial charge in [-0.05, 0) is 0 Å². The Bertz CT molecular complexity index is 50.0. The van der Waals surface area contributed by atoms with Crippen LogP contribution >= 0.6 is 0 Å². The molecule has 1 saturated heterocycles. The van der Waals surface area contributed by atoms with E-state index in [1.807, 2.05) is 0 Å². The second kappa shape index (κ2) is 2.92. The first-order valence-electron chi connectivity index (χ1n) is 2.81. The van der Waals surface area contributed by atoms with Crippen molar-refractivity contribution in [3.8, 4) is 0 Å². The maximum absolute atomic E-state index is 3.33. The zero-order valence-electron chi connectivity index (χ0n) is 4.41. The van der Waals surface area contributed by atoms with E-state index in [0.717, 1.165) is 3.93 Å². The molecule has 0 spiro atoms. The predicted molar refractivity (Wildman–Crippen MR) is 31.6 cm³/mol. The van der Waals surface area contributed by atoms with Crippen molar-refractivity contribution in [1.82, 2.24) is 5.32 Å². The summed E-state index contributed by atoms with van der Waals surface area (Å²) in [5.41, 5.74) is 0. The van der Waals surface area contributed by atoms with E-state index in [-0.39, 0.29) is 0 Å². The molecule has 0 aromatic carbocycles. The summed E-state index contributed by atoms with van der Waals surface area (Å²) in [5.74, 6) is 0. The van der Waals surface area contributed by atoms with Gasteiger partial charge in [0.15, 0.2) is 0 Å². The van der Waals surface area contributed by atoms with Gasteiger partial charge in [0.25, 0.3) is 0 Å². The Morgan fingerprint density at radius 3 is 2.14 bits per heavy atom. The normalized spacial score (nSPS) is 25.3. The van der Waals surface area contributed by atoms with Gasteiger partial charge in [0.2, 0.25) is 0 Å². The second-order valence-electron chi connectivity index (χ2n) is 2.02. The molecule has 1 aliphatic rings. The van der Waals surface area contributed by atoms with Crippen LogP contribution in [0.1, 0.15) is 12.8 Å². The Balaban J connectivity index is 2.12. The second-order valence-corrected chi connectivity index (χ2v) is 4.35. The molecule has 1 rings (SSSR count). The van der Waals surface area contributed by atoms with Gasteiger partial charge in [-0.3, -0.25) is 0 Å². The van der Waals surface area contributed by atoms with Crippen molar-refractivity contribution in [2.75, 3.05) is 13.1 Å². The van der Waals surface area contributed by atoms with Crippen LogP contribution in [-0.2, 0) is 0 Å². The number of piperidine rings is 1. The fourth-order valence-corrected chi connectivity index (χ4v) is 1.65. The van der Waals surface area contributed by atoms with Crippen LogP contribution < -0.4 is 5.32 Å². The van der Waals surface area contributed by atoms with E-state index in [9.17, 15) is 0 Å². The number of nitrogens with one attached hydrogen (secondary N) is 1. The molecule has 2 heteroatoms. The van der Waals surface area contributed by atoms with E-state index in [4.69, 9.17) is 0 Å². The van der Waals surface area contributed by atoms with E-state index >= 15 is 0 Å². The third-order valence-corrected chi connectivity index (χ3v) is 2.99. The standard InChI is InChI=1S/C5H10N.Sn/c1-2-4-6-5-3-1;/h1,6H,2-5H2;. The maximum atomic E-state index is 3.33. The summed E-state index contributed by atoms with van der Waals surface area (Å²) in [6, 6.07) is 0. The average molecular weight is 203 g/mol. The van der Waals surface area contributed by atoms with Gasteiger partial charge in [-0.1, -0.05) is 0 Å². The molecule has 39 valence electrons. The quantitative estimate of drug-likeness (QED) is 0.559. The van der Waals surface area contributed by atoms with Crippen molar-refractivity contribution in [3.05, 3.63) is 0 Å². The van der Waals surface area contributed by atoms with Gasteiger partial charge in [-0.25, -0.2) is 0 Å². The molecule has 0 aromatic rings. The van der Waals surface area contributed by atoms with Crippen LogP contribution in [0.4, 0.5) is 0 Å². The molecular formula is C5H10NSn. The summed E-state index contributed by atoms with van der Waals surface area (Å²) in [5, 5.41) is 3.33. The van der Waals surface area contributed by atoms with Crippen LogP contribution in [0.5, 0.6) is 0 Å². The fraction of sp³-hybridized carbons (Fsp3) is 1.00. The molecule has 0 aromatic heterocycles. The minimum absolute atomic E-state index is 1.06. The SMILES string of the molecule is [Sn][CH]1CCNCC1. The molecule has 0 amide bonds. The zero-order valence-corrected chi connectivity index (χ0v) is 7.26. The monoisotopic (exact) mass is 204 g/mol. The van der Waals surface area contributed by atoms with Crippen molar-refractivity contribution in [3.63, 3.8) is 0 Å². The van der Waals surface area contributed by atoms with Gasteiger partial charge in [0, 0.05) is 0 Å². The zero-order chi connectivity index (χ0) is 5.11. The van der Waals surface area contributed by atoms with Gasteiger partial charge >= 0.3 is 57.7 Å². The van der Waals surface area contributed by atoms with Crippen molar-refractivity contribution in [1.29, 1.82) is 0 Å². The summed E-state index contributed by atoms with van der Waals surface area (Å²) in [6.45, 7) is 2.52. The summed E-state index contributed by atoms with van der Waals surface area (Å²) in [7, 11) is 0. The van der Waals surface area contributed by atoms with Gasteiger partial charge in [0.1, 0.15) is 0 Å². The van der Waals surface area contributed by atoms with Crippen LogP contribution in [0.25, 0.3) is 0 Å². The summed E-state index contributed by atoms with van der Waals surface area (Å²) >= 11 is 1.73. The van der Waals surface area contributed by atoms with Gasteiger partial charge < -0.3 is 0 Å². The number of hydrogen-bond donors (Lipinski definition) is 1. The van der Waals surface area contributed by atoms with E-state index < -0.39 is 0 Å². The molecule has 0 atom stereocenters. The van der Waals surface area contributed by atoms with Crippen LogP contribution in [0, 0.1) is 0 Å². The summed E-state index contributed by atoms with van der Waals surface area (Å²) < 4.78 is 1.06. The average Bonchev–Trinajstić information content (AvgIpc) is 1.69. The van der Waals surface area contributed by atoms with Crippen molar-refractivity contribution in [2.45, 2.75) is 16.8 Å². The van der Waals surface area contributed by atoms with Crippen LogP contribution in [-0.4, -0.2) is 35.6 Å². The van der Waals surface area contributed by atoms with Crippen LogP contribution in [0.2, 0.25) is 3.93 Å². The summed E-state index contributed by atoms with van der Waals surface area (Å²) in [4.78, 5) is 0. The molecule has 1 aliphatic heterocycles. The van der Waals surface area contributed by atoms with Crippen molar-refractivity contribution in [2.24, 2.45) is 0 Å². The van der Waals surface area contributed by atoms with Gasteiger partial charge in [-0.15, -0.1) is 0 Å². The topological polar surface area (TPSA) is 12.0 Å². The minimum atomic E-state index is 1.06. The predicted octanol–water partition coefficient (Wildman–Crippen LogP) is 0.327. The van der Waals surface area contributed by atoms with E-state index in [1.165, 1.54) is 25.9 Å². The van der Waals surface area contributed by atoms with Gasteiger partial charge in [0.05, 0.1) is 0 Å². The van der Waals surface area contributed by atoms with Crippen LogP contribution in [0.15, 0.2) is 0 Å². The molecule has 0 saturated carbocycles. The molecule has 1 N–H and O–H groups in total. The first-order valence-corrected chi connectivity index (χ1v) is 4.46. The molecule has 7 heavy (non-hydrogen) atoms. The first kappa shape index (κ1) is 5.89. The molecule has 3 radical (unpaired) electrons. The third kappa shape index (κ3) is 2.00. The molecule has 1 fully saturated rings. The van der Waals surface area contributed by atoms with Crippen molar-refractivity contribution >= 4 is 22.5 Å². The number of hydrogen-bond acceptors (Lipinski definition) is 1. The molecular weight excluding hydrogens is 193 g/mol. The third-order valence-electron chi connectivity index (χ3n) is 1.34. The molecule has 0 unspecified atom stereocenters. The molecule has 0 aliphatic carbocycles. The molecule has 1 heterocycles.